The summed E-state index contributed by atoms with van der Waals surface area (Å²) < 4.78 is 16.8. The quantitative estimate of drug-likeness (QED) is 0.212. The molecule has 1 aliphatic heterocycles. The second-order valence-corrected chi connectivity index (χ2v) is 7.85. The Labute approximate surface area is 223 Å². The molecular formula is C23H26NNaO10. The van der Waals surface area contributed by atoms with E-state index in [1.807, 2.05) is 6.07 Å². The number of ether oxygens (including phenoxy) is 3. The number of carbonyl (C=O) groups excluding carboxylic acids is 2. The minimum absolute atomic E-state index is 0. The van der Waals surface area contributed by atoms with E-state index < -0.39 is 61.1 Å². The third-order valence-electron chi connectivity index (χ3n) is 5.26. The number of hydrogen-bond acceptors (Lipinski definition) is 10. The minimum atomic E-state index is -2.57. The van der Waals surface area contributed by atoms with E-state index in [-0.39, 0.29) is 35.3 Å². The molecule has 5 N–H and O–H groups in total. The number of hydrogen-bond donors (Lipinski definition) is 5. The summed E-state index contributed by atoms with van der Waals surface area (Å²) in [6.45, 7) is 0.265. The van der Waals surface area contributed by atoms with Crippen LogP contribution in [0.2, 0.25) is 0 Å². The van der Waals surface area contributed by atoms with Crippen LogP contribution in [0.3, 0.4) is 0 Å². The predicted molar refractivity (Wildman–Crippen MR) is 114 cm³/mol. The minimum Gasteiger partial charge on any atom is -0.543 e. The van der Waals surface area contributed by atoms with Gasteiger partial charge in [-0.05, 0) is 36.4 Å². The smallest absolute Gasteiger partial charge is 0.543 e. The van der Waals surface area contributed by atoms with Crippen molar-refractivity contribution in [1.29, 1.82) is 0 Å². The number of aliphatic hydroxyl groups excluding tert-OH is 4. The van der Waals surface area contributed by atoms with Crippen molar-refractivity contribution >= 4 is 11.9 Å². The monoisotopic (exact) mass is 499 g/mol. The molecule has 0 spiro atoms. The molecule has 2 aromatic rings. The van der Waals surface area contributed by atoms with Gasteiger partial charge >= 0.3 is 29.6 Å². The number of para-hydroxylation sites is 1. The number of carboxylic acid groups (broad SMARTS) is 1. The second-order valence-electron chi connectivity index (χ2n) is 7.85. The maximum atomic E-state index is 12.1. The van der Waals surface area contributed by atoms with Gasteiger partial charge in [-0.25, -0.2) is 0 Å². The molecule has 0 unspecified atom stereocenters. The maximum absolute atomic E-state index is 12.1. The zero-order valence-corrected chi connectivity index (χ0v) is 21.2. The largest absolute Gasteiger partial charge is 1.00 e. The number of rotatable bonds is 9. The summed E-state index contributed by atoms with van der Waals surface area (Å²) in [7, 11) is 0. The number of aliphatic carboxylic acids is 1. The van der Waals surface area contributed by atoms with Gasteiger partial charge in [0.25, 0.3) is 5.79 Å². The molecular weight excluding hydrogens is 473 g/mol. The van der Waals surface area contributed by atoms with Gasteiger partial charge in [0.2, 0.25) is 5.91 Å². The molecule has 1 heterocycles. The van der Waals surface area contributed by atoms with Gasteiger partial charge in [0, 0.05) is 13.3 Å². The first-order valence-corrected chi connectivity index (χ1v) is 10.5. The Morgan fingerprint density at radius 3 is 2.23 bits per heavy atom. The van der Waals surface area contributed by atoms with E-state index in [1.165, 1.54) is 24.3 Å². The van der Waals surface area contributed by atoms with Gasteiger partial charge in [-0.2, -0.15) is 0 Å². The zero-order chi connectivity index (χ0) is 24.9. The van der Waals surface area contributed by atoms with Crippen LogP contribution in [0.1, 0.15) is 13.3 Å². The van der Waals surface area contributed by atoms with Crippen molar-refractivity contribution in [2.75, 3.05) is 6.61 Å². The fourth-order valence-corrected chi connectivity index (χ4v) is 3.61. The molecule has 0 bridgehead atoms. The van der Waals surface area contributed by atoms with Crippen LogP contribution in [0.25, 0.3) is 0 Å². The molecule has 6 atom stereocenters. The van der Waals surface area contributed by atoms with Crippen LogP contribution < -0.4 is 49.5 Å². The van der Waals surface area contributed by atoms with E-state index in [9.17, 15) is 35.1 Å². The molecule has 12 heteroatoms. The fraction of sp³-hybridized carbons (Fsp3) is 0.391. The summed E-state index contributed by atoms with van der Waals surface area (Å²) in [6.07, 6.45) is -7.52. The average molecular weight is 499 g/mol. The van der Waals surface area contributed by atoms with Crippen LogP contribution in [0.4, 0.5) is 0 Å². The summed E-state index contributed by atoms with van der Waals surface area (Å²) >= 11 is 0. The van der Waals surface area contributed by atoms with Gasteiger partial charge in [-0.1, -0.05) is 18.2 Å². The Morgan fingerprint density at radius 2 is 1.69 bits per heavy atom. The third kappa shape index (κ3) is 7.15. The maximum Gasteiger partial charge on any atom is 1.00 e. The Balaban J connectivity index is 0.00000432. The summed E-state index contributed by atoms with van der Waals surface area (Å²) in [5.41, 5.74) is 0. The molecule has 35 heavy (non-hydrogen) atoms. The molecule has 11 nitrogen and oxygen atoms in total. The van der Waals surface area contributed by atoms with Crippen molar-refractivity contribution in [3.63, 3.8) is 0 Å². The van der Waals surface area contributed by atoms with Crippen LogP contribution >= 0.6 is 0 Å². The van der Waals surface area contributed by atoms with Gasteiger partial charge < -0.3 is 49.9 Å². The molecule has 0 saturated carbocycles. The van der Waals surface area contributed by atoms with Crippen LogP contribution in [0.5, 0.6) is 17.2 Å². The van der Waals surface area contributed by atoms with Gasteiger partial charge in [-0.15, -0.1) is 0 Å². The number of carboxylic acids is 1. The van der Waals surface area contributed by atoms with Crippen LogP contribution in [-0.2, 0) is 14.3 Å². The fourth-order valence-electron chi connectivity index (χ4n) is 3.61. The van der Waals surface area contributed by atoms with Crippen LogP contribution in [0, 0.1) is 0 Å². The predicted octanol–water partition coefficient (Wildman–Crippen LogP) is -4.32. The Morgan fingerprint density at radius 1 is 1.11 bits per heavy atom. The van der Waals surface area contributed by atoms with Crippen molar-refractivity contribution in [2.45, 2.75) is 49.6 Å². The first-order valence-electron chi connectivity index (χ1n) is 10.5. The summed E-state index contributed by atoms with van der Waals surface area (Å²) in [6, 6.07) is 13.5. The molecule has 184 valence electrons. The van der Waals surface area contributed by atoms with E-state index in [1.54, 1.807) is 24.3 Å². The Kier molecular flexibility index (Phi) is 10.5. The topological polar surface area (TPSA) is 178 Å². The van der Waals surface area contributed by atoms with Gasteiger partial charge in [0.1, 0.15) is 41.5 Å². The number of aliphatic hydroxyl groups is 4. The molecule has 1 saturated heterocycles. The number of amides is 1. The molecule has 1 amide bonds. The third-order valence-corrected chi connectivity index (χ3v) is 5.26. The van der Waals surface area contributed by atoms with Crippen LogP contribution in [-0.4, -0.2) is 75.2 Å². The van der Waals surface area contributed by atoms with E-state index in [0.29, 0.717) is 11.5 Å². The van der Waals surface area contributed by atoms with Crippen molar-refractivity contribution in [3.8, 4) is 17.2 Å². The zero-order valence-electron chi connectivity index (χ0n) is 19.2. The molecule has 2 aromatic carbocycles. The molecule has 3 rings (SSSR count). The normalized spacial score (nSPS) is 25.5. The van der Waals surface area contributed by atoms with E-state index >= 15 is 0 Å². The van der Waals surface area contributed by atoms with Crippen molar-refractivity contribution < 1.29 is 78.9 Å². The van der Waals surface area contributed by atoms with Gasteiger partial charge in [0.05, 0.1) is 18.8 Å². The first-order chi connectivity index (χ1) is 16.1. The van der Waals surface area contributed by atoms with E-state index in [4.69, 9.17) is 14.2 Å². The van der Waals surface area contributed by atoms with E-state index in [2.05, 4.69) is 5.32 Å². The van der Waals surface area contributed by atoms with Crippen molar-refractivity contribution in [3.05, 3.63) is 54.6 Å². The van der Waals surface area contributed by atoms with Crippen molar-refractivity contribution in [2.24, 2.45) is 0 Å². The summed E-state index contributed by atoms with van der Waals surface area (Å²) in [5, 5.41) is 54.6. The average Bonchev–Trinajstić information content (AvgIpc) is 2.81. The molecule has 0 radical (unpaired) electrons. The van der Waals surface area contributed by atoms with Gasteiger partial charge in [0.15, 0.2) is 0 Å². The number of benzene rings is 2. The molecule has 1 aliphatic rings. The summed E-state index contributed by atoms with van der Waals surface area (Å²) in [4.78, 5) is 23.7. The standard InChI is InChI=1S/C23H27NO10.Na/c1-13(26)24-19-17(27)11-23(22(30)31,34-21(19)20(29)18(28)12-25)33-16-9-7-15(8-10-16)32-14-5-3-2-4-6-14;/h2-10,17-21,25,27-29H,11-12H2,1H3,(H,24,26)(H,30,31);/q;+1/p-1/t17-,18+,19+,20-,21+,23+;/m0./s1. The second kappa shape index (κ2) is 12.7. The first kappa shape index (κ1) is 29.0. The number of carbonyl (C=O) groups is 2. The SMILES string of the molecule is CC(=O)N[C@H]1[C@H]([C@@H](O)[C@H](O)CO)O[C@@](Oc2ccc(Oc3ccccc3)cc2)(C(=O)[O-])C[C@@H]1O.[Na+]. The van der Waals surface area contributed by atoms with Crippen LogP contribution in [0.15, 0.2) is 54.6 Å². The van der Waals surface area contributed by atoms with E-state index in [0.717, 1.165) is 6.92 Å². The summed E-state index contributed by atoms with van der Waals surface area (Å²) in [5.74, 6) is -3.98. The molecule has 0 aromatic heterocycles. The van der Waals surface area contributed by atoms with Gasteiger partial charge in [-0.3, -0.25) is 4.79 Å². The number of nitrogens with one attached hydrogen (secondary N) is 1. The molecule has 0 aliphatic carbocycles. The molecule has 1 fully saturated rings. The Hall–Kier alpha value is -2.22. The van der Waals surface area contributed by atoms with Crippen molar-refractivity contribution in [1.82, 2.24) is 5.32 Å². The Bertz CT molecular complexity index is 976.